The maximum Gasteiger partial charge on any atom is 0.160 e. The van der Waals surface area contributed by atoms with E-state index in [0.717, 1.165) is 58.8 Å². The predicted molar refractivity (Wildman–Crippen MR) is 122 cm³/mol. The minimum absolute atomic E-state index is 0.413. The Kier molecular flexibility index (Phi) is 4.84. The quantitative estimate of drug-likeness (QED) is 0.630. The number of rotatable bonds is 6. The van der Waals surface area contributed by atoms with Crippen LogP contribution < -0.4 is 10.2 Å². The van der Waals surface area contributed by atoms with Gasteiger partial charge in [-0.2, -0.15) is 9.61 Å². The monoisotopic (exact) mass is 421 g/mol. The van der Waals surface area contributed by atoms with Crippen molar-refractivity contribution in [2.24, 2.45) is 0 Å². The lowest BCUT2D eigenvalue weighted by Gasteiger charge is -2.21. The van der Waals surface area contributed by atoms with E-state index in [1.807, 2.05) is 30.5 Å². The normalized spacial score (nSPS) is 17.0. The Morgan fingerprint density at radius 1 is 1.06 bits per heavy atom. The summed E-state index contributed by atoms with van der Waals surface area (Å²) in [5.74, 6) is 2.30. The van der Waals surface area contributed by atoms with Gasteiger partial charge in [0.1, 0.15) is 23.0 Å². The van der Waals surface area contributed by atoms with Crippen molar-refractivity contribution in [2.45, 2.75) is 64.9 Å². The smallest absolute Gasteiger partial charge is 0.160 e. The van der Waals surface area contributed by atoms with Crippen LogP contribution in [0.1, 0.15) is 62.5 Å². The molecule has 0 amide bonds. The Labute approximate surface area is 182 Å². The van der Waals surface area contributed by atoms with Crippen molar-refractivity contribution in [1.29, 1.82) is 0 Å². The maximum absolute atomic E-state index is 10.2. The van der Waals surface area contributed by atoms with Gasteiger partial charge in [-0.15, -0.1) is 0 Å². The van der Waals surface area contributed by atoms with Gasteiger partial charge in [-0.05, 0) is 53.4 Å². The second kappa shape index (κ2) is 7.44. The molecule has 3 aromatic rings. The molecule has 2 aliphatic rings. The van der Waals surface area contributed by atoms with Crippen molar-refractivity contribution in [2.75, 3.05) is 29.9 Å². The van der Waals surface area contributed by atoms with Crippen LogP contribution in [0.5, 0.6) is 0 Å². The summed E-state index contributed by atoms with van der Waals surface area (Å²) < 4.78 is 1.82. The number of hydrogen-bond acceptors (Lipinski definition) is 7. The van der Waals surface area contributed by atoms with Crippen molar-refractivity contribution in [1.82, 2.24) is 24.6 Å². The van der Waals surface area contributed by atoms with Gasteiger partial charge in [0.15, 0.2) is 5.65 Å². The molecule has 0 unspecified atom stereocenters. The summed E-state index contributed by atoms with van der Waals surface area (Å²) in [6.07, 6.45) is 4.75. The second-order valence-corrected chi connectivity index (χ2v) is 9.56. The molecular weight excluding hydrogens is 390 g/mol. The fourth-order valence-corrected chi connectivity index (χ4v) is 4.25. The van der Waals surface area contributed by atoms with Gasteiger partial charge in [-0.3, -0.25) is 4.98 Å². The highest BCUT2D eigenvalue weighted by molar-refractivity contribution is 5.67. The molecule has 3 aromatic heterocycles. The molecule has 164 valence electrons. The Morgan fingerprint density at radius 2 is 1.81 bits per heavy atom. The van der Waals surface area contributed by atoms with Crippen molar-refractivity contribution < 1.29 is 5.11 Å². The number of hydrogen-bond donors (Lipinski definition) is 2. The number of aromatic nitrogens is 5. The highest BCUT2D eigenvalue weighted by Crippen LogP contribution is 2.41. The summed E-state index contributed by atoms with van der Waals surface area (Å²) in [6, 6.07) is 4.03. The number of fused-ring (bicyclic) bond motifs is 1. The molecule has 8 nitrogen and oxygen atoms in total. The van der Waals surface area contributed by atoms with Crippen LogP contribution in [-0.2, 0) is 0 Å². The first-order valence-electron chi connectivity index (χ1n) is 11.3. The van der Waals surface area contributed by atoms with Crippen LogP contribution in [-0.4, -0.2) is 54.9 Å². The number of anilines is 2. The average Bonchev–Trinajstić information content (AvgIpc) is 3.22. The summed E-state index contributed by atoms with van der Waals surface area (Å²) in [4.78, 5) is 17.0. The fourth-order valence-electron chi connectivity index (χ4n) is 4.25. The largest absolute Gasteiger partial charge is 0.389 e. The van der Waals surface area contributed by atoms with Crippen molar-refractivity contribution >= 4 is 17.3 Å². The zero-order chi connectivity index (χ0) is 21.8. The van der Waals surface area contributed by atoms with Crippen molar-refractivity contribution in [3.63, 3.8) is 0 Å². The van der Waals surface area contributed by atoms with Gasteiger partial charge >= 0.3 is 0 Å². The van der Waals surface area contributed by atoms with Crippen LogP contribution >= 0.6 is 0 Å². The number of nitrogens with one attached hydrogen (secondary N) is 1. The Bertz CT molecular complexity index is 1120. The van der Waals surface area contributed by atoms with Crippen LogP contribution in [0, 0.1) is 13.8 Å². The molecule has 0 spiro atoms. The Morgan fingerprint density at radius 3 is 2.48 bits per heavy atom. The van der Waals surface area contributed by atoms with Gasteiger partial charge in [0, 0.05) is 37.7 Å². The molecule has 1 saturated heterocycles. The predicted octanol–water partition coefficient (Wildman–Crippen LogP) is 3.46. The molecule has 0 bridgehead atoms. The molecule has 2 N–H and O–H groups in total. The lowest BCUT2D eigenvalue weighted by atomic mass is 10.1. The molecule has 0 aromatic carbocycles. The van der Waals surface area contributed by atoms with Gasteiger partial charge in [0.2, 0.25) is 0 Å². The molecule has 4 heterocycles. The van der Waals surface area contributed by atoms with E-state index in [4.69, 9.17) is 20.1 Å². The third-order valence-electron chi connectivity index (χ3n) is 6.03. The SMILES string of the molecule is Cc1nc(C)c(C2CC2)nc1-c1cc2nc(N3CCCC3)cc(NCC(C)(C)O)n2n1. The topological polar surface area (TPSA) is 91.5 Å². The minimum Gasteiger partial charge on any atom is -0.389 e. The van der Waals surface area contributed by atoms with Gasteiger partial charge in [-0.25, -0.2) is 9.97 Å². The van der Waals surface area contributed by atoms with Crippen molar-refractivity contribution in [3.05, 3.63) is 29.2 Å². The first-order valence-corrected chi connectivity index (χ1v) is 11.3. The first-order chi connectivity index (χ1) is 14.8. The summed E-state index contributed by atoms with van der Waals surface area (Å²) in [6.45, 7) is 10.1. The zero-order valence-electron chi connectivity index (χ0n) is 18.8. The molecule has 1 saturated carbocycles. The van der Waals surface area contributed by atoms with Crippen molar-refractivity contribution in [3.8, 4) is 11.4 Å². The van der Waals surface area contributed by atoms with Gasteiger partial charge < -0.3 is 15.3 Å². The maximum atomic E-state index is 10.2. The summed E-state index contributed by atoms with van der Waals surface area (Å²) >= 11 is 0. The number of aliphatic hydroxyl groups is 1. The van der Waals surface area contributed by atoms with Gasteiger partial charge in [-0.1, -0.05) is 0 Å². The standard InChI is InChI=1S/C23H31N7O/c1-14-21(16-7-8-16)27-22(15(2)25-14)17-11-20-26-19(29-9-5-6-10-29)12-18(30(20)28-17)24-13-23(3,4)31/h11-12,16,24,31H,5-10,13H2,1-4H3. The molecule has 1 aliphatic heterocycles. The molecular formula is C23H31N7O. The molecule has 5 rings (SSSR count). The average molecular weight is 422 g/mol. The number of aryl methyl sites for hydroxylation is 2. The zero-order valence-corrected chi connectivity index (χ0v) is 18.8. The van der Waals surface area contributed by atoms with Crippen LogP contribution in [0.3, 0.4) is 0 Å². The first kappa shape index (κ1) is 20.2. The van der Waals surface area contributed by atoms with E-state index in [1.54, 1.807) is 13.8 Å². The molecule has 31 heavy (non-hydrogen) atoms. The third kappa shape index (κ3) is 4.08. The lowest BCUT2D eigenvalue weighted by molar-refractivity contribution is 0.0944. The second-order valence-electron chi connectivity index (χ2n) is 9.56. The summed E-state index contributed by atoms with van der Waals surface area (Å²) in [7, 11) is 0. The molecule has 8 heteroatoms. The molecule has 1 aliphatic carbocycles. The third-order valence-corrected chi connectivity index (χ3v) is 6.03. The van der Waals surface area contributed by atoms with E-state index in [1.165, 1.54) is 25.7 Å². The van der Waals surface area contributed by atoms with E-state index in [0.29, 0.717) is 12.5 Å². The molecule has 0 radical (unpaired) electrons. The Balaban J connectivity index is 1.60. The fraction of sp³-hybridized carbons (Fsp3) is 0.565. The molecule has 0 atom stereocenters. The van der Waals surface area contributed by atoms with E-state index in [2.05, 4.69) is 10.2 Å². The number of nitrogens with zero attached hydrogens (tertiary/aromatic N) is 6. The van der Waals surface area contributed by atoms with Crippen LogP contribution in [0.25, 0.3) is 17.0 Å². The minimum atomic E-state index is -0.836. The van der Waals surface area contributed by atoms with Crippen LogP contribution in [0.2, 0.25) is 0 Å². The van der Waals surface area contributed by atoms with E-state index < -0.39 is 5.60 Å². The highest BCUT2D eigenvalue weighted by atomic mass is 16.3. The Hall–Kier alpha value is -2.74. The van der Waals surface area contributed by atoms with E-state index in [-0.39, 0.29) is 0 Å². The summed E-state index contributed by atoms with van der Waals surface area (Å²) in [5, 5.41) is 18.4. The van der Waals surface area contributed by atoms with E-state index >= 15 is 0 Å². The van der Waals surface area contributed by atoms with Gasteiger partial charge in [0.25, 0.3) is 0 Å². The highest BCUT2D eigenvalue weighted by Gasteiger charge is 2.29. The van der Waals surface area contributed by atoms with Crippen LogP contribution in [0.4, 0.5) is 11.6 Å². The van der Waals surface area contributed by atoms with E-state index in [9.17, 15) is 5.11 Å². The van der Waals surface area contributed by atoms with Crippen LogP contribution in [0.15, 0.2) is 12.1 Å². The van der Waals surface area contributed by atoms with Gasteiger partial charge in [0.05, 0.1) is 22.7 Å². The lowest BCUT2D eigenvalue weighted by Crippen LogP contribution is -2.30. The summed E-state index contributed by atoms with van der Waals surface area (Å²) in [5.41, 5.74) is 4.55. The molecule has 2 fully saturated rings.